The maximum absolute atomic E-state index is 12.3. The molecule has 0 fully saturated rings. The molecular formula is C19H16N2O5. The van der Waals surface area contributed by atoms with Gasteiger partial charge in [0, 0.05) is 17.8 Å². The highest BCUT2D eigenvalue weighted by Crippen LogP contribution is 2.25. The molecule has 132 valence electrons. The van der Waals surface area contributed by atoms with Crippen molar-refractivity contribution >= 4 is 23.8 Å². The summed E-state index contributed by atoms with van der Waals surface area (Å²) in [6, 6.07) is 9.62. The molecule has 7 heteroatoms. The molecule has 3 aromatic rings. The number of aromatic nitrogens is 2. The minimum absolute atomic E-state index is 0.0193. The van der Waals surface area contributed by atoms with Crippen LogP contribution in [0.4, 0.5) is 0 Å². The fourth-order valence-electron chi connectivity index (χ4n) is 2.48. The summed E-state index contributed by atoms with van der Waals surface area (Å²) in [7, 11) is 3.15. The molecule has 0 aliphatic rings. The van der Waals surface area contributed by atoms with Crippen molar-refractivity contribution in [3.8, 4) is 11.5 Å². The number of carbonyl (C=O) groups is 1. The number of pyridine rings is 1. The Morgan fingerprint density at radius 1 is 1.12 bits per heavy atom. The minimum atomic E-state index is -1.10. The van der Waals surface area contributed by atoms with E-state index in [1.807, 2.05) is 6.07 Å². The molecule has 0 aliphatic carbocycles. The molecular weight excluding hydrogens is 336 g/mol. The molecule has 3 rings (SSSR count). The average Bonchev–Trinajstić information content (AvgIpc) is 2.65. The van der Waals surface area contributed by atoms with E-state index in [1.165, 1.54) is 28.8 Å². The molecule has 7 nitrogen and oxygen atoms in total. The number of ether oxygens (including phenoxy) is 2. The highest BCUT2D eigenvalue weighted by molar-refractivity contribution is 5.87. The van der Waals surface area contributed by atoms with Crippen molar-refractivity contribution in [1.82, 2.24) is 9.38 Å². The number of aromatic carboxylic acids is 1. The van der Waals surface area contributed by atoms with Gasteiger partial charge in [-0.05, 0) is 42.5 Å². The SMILES string of the molecule is COc1ccc(OC)c(C=Cc2cc(=O)n3cc(C(=O)O)ccc3n2)c1. The Hall–Kier alpha value is -3.61. The van der Waals surface area contributed by atoms with E-state index in [0.717, 1.165) is 5.56 Å². The van der Waals surface area contributed by atoms with Gasteiger partial charge in [0.2, 0.25) is 0 Å². The van der Waals surface area contributed by atoms with Crippen molar-refractivity contribution in [3.63, 3.8) is 0 Å². The number of carboxylic acids is 1. The number of rotatable bonds is 5. The smallest absolute Gasteiger partial charge is 0.337 e. The van der Waals surface area contributed by atoms with E-state index in [-0.39, 0.29) is 11.1 Å². The van der Waals surface area contributed by atoms with Gasteiger partial charge in [-0.1, -0.05) is 0 Å². The second kappa shape index (κ2) is 7.10. The van der Waals surface area contributed by atoms with Crippen LogP contribution in [0.25, 0.3) is 17.8 Å². The normalized spacial score (nSPS) is 11.0. The summed E-state index contributed by atoms with van der Waals surface area (Å²) in [5, 5.41) is 9.02. The van der Waals surface area contributed by atoms with Gasteiger partial charge in [0.1, 0.15) is 17.1 Å². The number of nitrogens with zero attached hydrogens (tertiary/aromatic N) is 2. The molecule has 0 amide bonds. The van der Waals surface area contributed by atoms with Crippen LogP contribution < -0.4 is 15.0 Å². The van der Waals surface area contributed by atoms with Gasteiger partial charge in [0.25, 0.3) is 5.56 Å². The van der Waals surface area contributed by atoms with Crippen molar-refractivity contribution in [1.29, 1.82) is 0 Å². The van der Waals surface area contributed by atoms with Crippen LogP contribution in [0.5, 0.6) is 11.5 Å². The summed E-state index contributed by atoms with van der Waals surface area (Å²) in [5.41, 5.74) is 1.24. The van der Waals surface area contributed by atoms with Crippen LogP contribution in [0, 0.1) is 0 Å². The Bertz CT molecular complexity index is 1070. The summed E-state index contributed by atoms with van der Waals surface area (Å²) < 4.78 is 11.7. The lowest BCUT2D eigenvalue weighted by Gasteiger charge is -2.07. The first kappa shape index (κ1) is 17.2. The predicted octanol–water partition coefficient (Wildman–Crippen LogP) is 2.58. The number of hydrogen-bond acceptors (Lipinski definition) is 5. The van der Waals surface area contributed by atoms with Gasteiger partial charge in [0.15, 0.2) is 0 Å². The van der Waals surface area contributed by atoms with Crippen molar-refractivity contribution in [2.24, 2.45) is 0 Å². The van der Waals surface area contributed by atoms with E-state index in [4.69, 9.17) is 14.6 Å². The summed E-state index contributed by atoms with van der Waals surface area (Å²) in [6.07, 6.45) is 4.71. The summed E-state index contributed by atoms with van der Waals surface area (Å²) in [4.78, 5) is 27.6. The molecule has 2 heterocycles. The van der Waals surface area contributed by atoms with E-state index in [9.17, 15) is 9.59 Å². The molecule has 0 saturated carbocycles. The highest BCUT2D eigenvalue weighted by Gasteiger charge is 2.07. The van der Waals surface area contributed by atoms with Gasteiger partial charge in [-0.3, -0.25) is 9.20 Å². The Balaban J connectivity index is 2.02. The van der Waals surface area contributed by atoms with E-state index < -0.39 is 5.97 Å². The first-order valence-electron chi connectivity index (χ1n) is 7.68. The average molecular weight is 352 g/mol. The molecule has 2 aromatic heterocycles. The maximum atomic E-state index is 12.3. The zero-order valence-corrected chi connectivity index (χ0v) is 14.2. The second-order valence-electron chi connectivity index (χ2n) is 5.41. The number of fused-ring (bicyclic) bond motifs is 1. The maximum Gasteiger partial charge on any atom is 0.337 e. The lowest BCUT2D eigenvalue weighted by Crippen LogP contribution is -2.15. The fraction of sp³-hybridized carbons (Fsp3) is 0.105. The lowest BCUT2D eigenvalue weighted by atomic mass is 10.1. The number of carboxylic acid groups (broad SMARTS) is 1. The van der Waals surface area contributed by atoms with Crippen LogP contribution >= 0.6 is 0 Å². The Kier molecular flexibility index (Phi) is 4.70. The molecule has 26 heavy (non-hydrogen) atoms. The molecule has 1 aromatic carbocycles. The first-order valence-corrected chi connectivity index (χ1v) is 7.68. The molecule has 0 atom stereocenters. The summed E-state index contributed by atoms with van der Waals surface area (Å²) in [5.74, 6) is 0.233. The van der Waals surface area contributed by atoms with Crippen LogP contribution in [0.2, 0.25) is 0 Å². The van der Waals surface area contributed by atoms with E-state index in [0.29, 0.717) is 22.8 Å². The van der Waals surface area contributed by atoms with Crippen LogP contribution in [-0.2, 0) is 0 Å². The summed E-state index contributed by atoms with van der Waals surface area (Å²) >= 11 is 0. The molecule has 0 spiro atoms. The van der Waals surface area contributed by atoms with Crippen LogP contribution in [0.15, 0.2) is 47.4 Å². The monoisotopic (exact) mass is 352 g/mol. The van der Waals surface area contributed by atoms with Crippen molar-refractivity contribution < 1.29 is 19.4 Å². The third-order valence-corrected chi connectivity index (χ3v) is 3.80. The summed E-state index contributed by atoms with van der Waals surface area (Å²) in [6.45, 7) is 0. The number of methoxy groups -OCH3 is 2. The largest absolute Gasteiger partial charge is 0.497 e. The molecule has 0 aliphatic heterocycles. The van der Waals surface area contributed by atoms with Crippen LogP contribution in [0.1, 0.15) is 21.6 Å². The van der Waals surface area contributed by atoms with Gasteiger partial charge in [-0.25, -0.2) is 9.78 Å². The third kappa shape index (κ3) is 3.41. The third-order valence-electron chi connectivity index (χ3n) is 3.80. The van der Waals surface area contributed by atoms with Crippen molar-refractivity contribution in [2.45, 2.75) is 0 Å². The zero-order chi connectivity index (χ0) is 18.7. The molecule has 0 radical (unpaired) electrons. The Morgan fingerprint density at radius 3 is 2.62 bits per heavy atom. The number of hydrogen-bond donors (Lipinski definition) is 1. The van der Waals surface area contributed by atoms with E-state index in [1.54, 1.807) is 38.5 Å². The van der Waals surface area contributed by atoms with Gasteiger partial charge >= 0.3 is 5.97 Å². The molecule has 0 saturated heterocycles. The van der Waals surface area contributed by atoms with Crippen LogP contribution in [0.3, 0.4) is 0 Å². The standard InChI is InChI=1S/C19H16N2O5/c1-25-15-6-7-16(26-2)12(9-15)3-5-14-10-18(22)21-11-13(19(23)24)4-8-17(21)20-14/h3-11H,1-2H3,(H,23,24). The molecule has 0 bridgehead atoms. The van der Waals surface area contributed by atoms with Gasteiger partial charge in [-0.2, -0.15) is 0 Å². The molecule has 0 unspecified atom stereocenters. The van der Waals surface area contributed by atoms with E-state index in [2.05, 4.69) is 4.98 Å². The van der Waals surface area contributed by atoms with Crippen LogP contribution in [-0.4, -0.2) is 34.7 Å². The first-order chi connectivity index (χ1) is 12.5. The molecule has 1 N–H and O–H groups in total. The lowest BCUT2D eigenvalue weighted by molar-refractivity contribution is 0.0696. The van der Waals surface area contributed by atoms with Crippen molar-refractivity contribution in [3.05, 3.63) is 69.8 Å². The predicted molar refractivity (Wildman–Crippen MR) is 96.9 cm³/mol. The van der Waals surface area contributed by atoms with Gasteiger partial charge < -0.3 is 14.6 Å². The topological polar surface area (TPSA) is 90.1 Å². The van der Waals surface area contributed by atoms with E-state index >= 15 is 0 Å². The van der Waals surface area contributed by atoms with Crippen molar-refractivity contribution in [2.75, 3.05) is 14.2 Å². The fourth-order valence-corrected chi connectivity index (χ4v) is 2.48. The Labute approximate surface area is 148 Å². The Morgan fingerprint density at radius 2 is 1.92 bits per heavy atom. The van der Waals surface area contributed by atoms with Gasteiger partial charge in [0.05, 0.1) is 25.5 Å². The zero-order valence-electron chi connectivity index (χ0n) is 14.2. The highest BCUT2D eigenvalue weighted by atomic mass is 16.5. The number of benzene rings is 1. The quantitative estimate of drug-likeness (QED) is 0.759. The minimum Gasteiger partial charge on any atom is -0.497 e. The van der Waals surface area contributed by atoms with Gasteiger partial charge in [-0.15, -0.1) is 0 Å². The second-order valence-corrected chi connectivity index (χ2v) is 5.41.